The van der Waals surface area contributed by atoms with Gasteiger partial charge in [-0.3, -0.25) is 4.90 Å². The fraction of sp³-hybridized carbons (Fsp3) is 0.529. The van der Waals surface area contributed by atoms with Crippen LogP contribution in [0.25, 0.3) is 10.9 Å². The number of pyridine rings is 1. The highest BCUT2D eigenvalue weighted by atomic mass is 35.5. The number of hydrogen-bond acceptors (Lipinski definition) is 7. The summed E-state index contributed by atoms with van der Waals surface area (Å²) in [6.45, 7) is 2.33. The fourth-order valence-corrected chi connectivity index (χ4v) is 5.31. The lowest BCUT2D eigenvalue weighted by Gasteiger charge is -2.47. The molecule has 28 heavy (non-hydrogen) atoms. The summed E-state index contributed by atoms with van der Waals surface area (Å²) in [7, 11) is 0. The number of amides is 1. The number of thioether (sulfide) groups is 1. The molecule has 4 atom stereocenters. The summed E-state index contributed by atoms with van der Waals surface area (Å²) in [5.74, 6) is 0.00798. The number of nitrogens with zero attached hydrogens (tertiary/aromatic N) is 5. The van der Waals surface area contributed by atoms with Crippen LogP contribution in [0.3, 0.4) is 0 Å². The summed E-state index contributed by atoms with van der Waals surface area (Å²) in [6.07, 6.45) is 2.02. The van der Waals surface area contributed by atoms with Gasteiger partial charge in [-0.2, -0.15) is 4.98 Å². The molecule has 2 bridgehead atoms. The lowest BCUT2D eigenvalue weighted by atomic mass is 9.98. The Morgan fingerprint density at radius 3 is 2.86 bits per heavy atom. The van der Waals surface area contributed by atoms with Crippen LogP contribution in [0.5, 0.6) is 5.88 Å². The lowest BCUT2D eigenvalue weighted by molar-refractivity contribution is 0.0707. The Labute approximate surface area is 169 Å². The average Bonchev–Trinajstić information content (AvgIpc) is 2.92. The van der Waals surface area contributed by atoms with Gasteiger partial charge in [0.25, 0.3) is 0 Å². The third kappa shape index (κ3) is 2.37. The zero-order valence-corrected chi connectivity index (χ0v) is 16.7. The van der Waals surface area contributed by atoms with Gasteiger partial charge in [-0.1, -0.05) is 23.4 Å². The highest BCUT2D eigenvalue weighted by Crippen LogP contribution is 2.45. The van der Waals surface area contributed by atoms with Gasteiger partial charge >= 0.3 is 6.09 Å². The monoisotopic (exact) mass is 425 g/mol. The molecular weight excluding hydrogens is 409 g/mol. The van der Waals surface area contributed by atoms with Gasteiger partial charge in [-0.05, 0) is 26.0 Å². The van der Waals surface area contributed by atoms with Crippen molar-refractivity contribution in [3.8, 4) is 5.88 Å². The van der Waals surface area contributed by atoms with Crippen molar-refractivity contribution in [3.63, 3.8) is 0 Å². The van der Waals surface area contributed by atoms with Crippen molar-refractivity contribution in [2.75, 3.05) is 17.7 Å². The molecule has 2 saturated heterocycles. The van der Waals surface area contributed by atoms with Gasteiger partial charge in [0, 0.05) is 6.54 Å². The third-order valence-electron chi connectivity index (χ3n) is 5.83. The van der Waals surface area contributed by atoms with E-state index >= 15 is 0 Å². The van der Waals surface area contributed by atoms with Gasteiger partial charge in [-0.15, -0.1) is 0 Å². The molecule has 0 aliphatic carbocycles. The third-order valence-corrected chi connectivity index (χ3v) is 6.63. The molecule has 2 fully saturated rings. The van der Waals surface area contributed by atoms with Gasteiger partial charge in [-0.25, -0.2) is 19.2 Å². The minimum Gasteiger partial charge on any atom is -0.472 e. The molecule has 11 heteroatoms. The van der Waals surface area contributed by atoms with E-state index in [9.17, 15) is 14.3 Å². The summed E-state index contributed by atoms with van der Waals surface area (Å²) >= 11 is 7.30. The summed E-state index contributed by atoms with van der Waals surface area (Å²) < 4.78 is 20.8. The Bertz CT molecular complexity index is 1010. The maximum absolute atomic E-state index is 14.8. The zero-order chi connectivity index (χ0) is 19.7. The summed E-state index contributed by atoms with van der Waals surface area (Å²) in [5, 5.41) is 10.2. The Morgan fingerprint density at radius 2 is 2.14 bits per heavy atom. The van der Waals surface area contributed by atoms with Gasteiger partial charge in [0.05, 0.1) is 18.1 Å². The molecule has 8 nitrogen and oxygen atoms in total. The molecule has 0 unspecified atom stereocenters. The van der Waals surface area contributed by atoms with Crippen LogP contribution >= 0.6 is 23.4 Å². The lowest BCUT2D eigenvalue weighted by Crippen LogP contribution is -2.64. The van der Waals surface area contributed by atoms with E-state index in [4.69, 9.17) is 16.3 Å². The van der Waals surface area contributed by atoms with Crippen molar-refractivity contribution in [2.24, 2.45) is 0 Å². The molecule has 5 heterocycles. The number of anilines is 1. The molecule has 0 aromatic carbocycles. The number of hydrogen-bond donors (Lipinski definition) is 1. The Morgan fingerprint density at radius 1 is 1.36 bits per heavy atom. The van der Waals surface area contributed by atoms with Crippen LogP contribution in [-0.4, -0.2) is 68.1 Å². The van der Waals surface area contributed by atoms with E-state index in [1.165, 1.54) is 16.7 Å². The van der Waals surface area contributed by atoms with Crippen molar-refractivity contribution in [1.82, 2.24) is 19.9 Å². The maximum atomic E-state index is 14.8. The van der Waals surface area contributed by atoms with E-state index in [0.29, 0.717) is 22.9 Å². The Kier molecular flexibility index (Phi) is 3.99. The van der Waals surface area contributed by atoms with E-state index < -0.39 is 18.0 Å². The van der Waals surface area contributed by atoms with Crippen LogP contribution in [0.2, 0.25) is 5.15 Å². The largest absolute Gasteiger partial charge is 0.472 e. The molecule has 5 rings (SSSR count). The summed E-state index contributed by atoms with van der Waals surface area (Å²) in [4.78, 5) is 28.5. The van der Waals surface area contributed by atoms with Crippen LogP contribution in [0.4, 0.5) is 15.0 Å². The highest BCUT2D eigenvalue weighted by molar-refractivity contribution is 7.98. The predicted molar refractivity (Wildman–Crippen MR) is 102 cm³/mol. The normalized spacial score (nSPS) is 28.1. The van der Waals surface area contributed by atoms with Crippen LogP contribution in [-0.2, 0) is 0 Å². The van der Waals surface area contributed by atoms with Crippen LogP contribution in [0, 0.1) is 5.82 Å². The first-order valence-electron chi connectivity index (χ1n) is 8.96. The molecule has 3 aliphatic rings. The minimum absolute atomic E-state index is 0.0743. The Balaban J connectivity index is 1.76. The molecule has 0 spiro atoms. The molecule has 1 N–H and O–H groups in total. The van der Waals surface area contributed by atoms with Crippen molar-refractivity contribution in [3.05, 3.63) is 11.0 Å². The van der Waals surface area contributed by atoms with Gasteiger partial charge in [0.2, 0.25) is 5.88 Å². The molecule has 2 aromatic rings. The van der Waals surface area contributed by atoms with Crippen LogP contribution in [0.15, 0.2) is 5.16 Å². The second-order valence-corrected chi connectivity index (χ2v) is 8.36. The number of rotatable bonds is 1. The summed E-state index contributed by atoms with van der Waals surface area (Å²) in [5.41, 5.74) is 0.0743. The molecule has 3 aliphatic heterocycles. The number of halogens is 2. The first-order valence-corrected chi connectivity index (χ1v) is 10.6. The minimum atomic E-state index is -0.925. The van der Waals surface area contributed by atoms with Gasteiger partial charge in [0.15, 0.2) is 16.1 Å². The molecule has 148 valence electrons. The van der Waals surface area contributed by atoms with Gasteiger partial charge in [0.1, 0.15) is 22.8 Å². The van der Waals surface area contributed by atoms with Crippen molar-refractivity contribution in [2.45, 2.75) is 49.2 Å². The molecule has 2 aromatic heterocycles. The predicted octanol–water partition coefficient (Wildman–Crippen LogP) is 3.02. The molecule has 1 amide bonds. The molecule has 0 saturated carbocycles. The quantitative estimate of drug-likeness (QED) is 0.423. The van der Waals surface area contributed by atoms with E-state index in [-0.39, 0.29) is 34.7 Å². The number of ether oxygens (including phenoxy) is 1. The number of carbonyl (C=O) groups is 1. The first kappa shape index (κ1) is 18.0. The van der Waals surface area contributed by atoms with Crippen molar-refractivity contribution >= 4 is 46.2 Å². The summed E-state index contributed by atoms with van der Waals surface area (Å²) in [6, 6.07) is -0.636. The highest BCUT2D eigenvalue weighted by Gasteiger charge is 2.53. The van der Waals surface area contributed by atoms with E-state index in [0.717, 1.165) is 12.8 Å². The number of carboxylic acid groups (broad SMARTS) is 1. The molecule has 0 radical (unpaired) electrons. The topological polar surface area (TPSA) is 91.7 Å². The number of fused-ring (bicyclic) bond motifs is 5. The van der Waals surface area contributed by atoms with Crippen LogP contribution < -0.4 is 9.64 Å². The SMILES string of the molecule is CSc1nc2c3c(nc(Cl)c(F)c3n1)O[C@@H](C)[C@@H]1[C@@H]3CC[C@H](CN21)N3C(=O)O. The second kappa shape index (κ2) is 6.21. The van der Waals surface area contributed by atoms with E-state index in [1.54, 1.807) is 0 Å². The standard InChI is InChI=1S/C17H17ClFN5O3S/c1-6-12-8-4-3-7(24(8)17(25)26)5-23(12)14-9-11(20-16(22-14)28-2)10(19)13(18)21-15(9)27-6/h6-8,12H,3-5H2,1-2H3,(H,25,26)/t6-,7+,8-,12+/m0/s1. The first-order chi connectivity index (χ1) is 13.4. The molecular formula is C17H17ClFN5O3S. The second-order valence-electron chi connectivity index (χ2n) is 7.23. The van der Waals surface area contributed by atoms with Crippen molar-refractivity contribution in [1.29, 1.82) is 0 Å². The van der Waals surface area contributed by atoms with Crippen molar-refractivity contribution < 1.29 is 19.0 Å². The average molecular weight is 426 g/mol. The smallest absolute Gasteiger partial charge is 0.407 e. The van der Waals surface area contributed by atoms with E-state index in [1.807, 2.05) is 13.2 Å². The maximum Gasteiger partial charge on any atom is 0.407 e. The van der Waals surface area contributed by atoms with Gasteiger partial charge < -0.3 is 14.7 Å². The number of piperazine rings is 1. The zero-order valence-electron chi connectivity index (χ0n) is 15.1. The Hall–Kier alpha value is -2.07. The number of aromatic nitrogens is 3. The fourth-order valence-electron chi connectivity index (χ4n) is 4.78. The van der Waals surface area contributed by atoms with E-state index in [2.05, 4.69) is 19.9 Å². The van der Waals surface area contributed by atoms with Crippen LogP contribution in [0.1, 0.15) is 19.8 Å².